The highest BCUT2D eigenvalue weighted by Gasteiger charge is 2.38. The van der Waals surface area contributed by atoms with Crippen molar-refractivity contribution in [3.05, 3.63) is 34.4 Å². The van der Waals surface area contributed by atoms with Gasteiger partial charge in [0.05, 0.1) is 5.69 Å². The van der Waals surface area contributed by atoms with Crippen molar-refractivity contribution < 1.29 is 18.0 Å². The quantitative estimate of drug-likeness (QED) is 0.352. The minimum atomic E-state index is -4.59. The van der Waals surface area contributed by atoms with Gasteiger partial charge in [-0.2, -0.15) is 18.2 Å². The van der Waals surface area contributed by atoms with Crippen LogP contribution in [0, 0.1) is 5.92 Å². The number of fused-ring (bicyclic) bond motifs is 2. The number of nitrogens with one attached hydrogen (secondary N) is 3. The number of anilines is 4. The van der Waals surface area contributed by atoms with Gasteiger partial charge in [-0.05, 0) is 73.3 Å². The molecule has 1 aromatic heterocycles. The van der Waals surface area contributed by atoms with E-state index in [9.17, 15) is 18.0 Å². The largest absolute Gasteiger partial charge is 0.421 e. The minimum absolute atomic E-state index is 0.0253. The van der Waals surface area contributed by atoms with Gasteiger partial charge in [0.15, 0.2) is 0 Å². The molecule has 2 atom stereocenters. The van der Waals surface area contributed by atoms with Crippen LogP contribution in [-0.4, -0.2) is 66.1 Å². The molecule has 2 aromatic rings. The second kappa shape index (κ2) is 11.3. The first kappa shape index (κ1) is 27.0. The third kappa shape index (κ3) is 6.01. The molecule has 1 amide bonds. The Morgan fingerprint density at radius 2 is 1.87 bits per heavy atom. The van der Waals surface area contributed by atoms with Gasteiger partial charge >= 0.3 is 6.18 Å². The lowest BCUT2D eigenvalue weighted by Crippen LogP contribution is -2.52. The number of benzene rings is 1. The van der Waals surface area contributed by atoms with Gasteiger partial charge < -0.3 is 20.9 Å². The maximum absolute atomic E-state index is 13.6. The van der Waals surface area contributed by atoms with Gasteiger partial charge in [0, 0.05) is 60.5 Å². The van der Waals surface area contributed by atoms with Crippen molar-refractivity contribution in [3.8, 4) is 0 Å². The lowest BCUT2D eigenvalue weighted by atomic mass is 9.85. The number of piperazine rings is 1. The summed E-state index contributed by atoms with van der Waals surface area (Å²) in [6, 6.07) is 7.05. The number of carbonyl (C=O) groups excluding carboxylic acids is 1. The smallest absolute Gasteiger partial charge is 0.369 e. The molecule has 3 N–H and O–H groups in total. The second-order valence-electron chi connectivity index (χ2n) is 10.4. The van der Waals surface area contributed by atoms with E-state index in [4.69, 9.17) is 0 Å². The Morgan fingerprint density at radius 1 is 1.13 bits per heavy atom. The fourth-order valence-corrected chi connectivity index (χ4v) is 5.82. The predicted octanol–water partition coefficient (Wildman–Crippen LogP) is 5.00. The zero-order valence-electron chi connectivity index (χ0n) is 21.3. The highest BCUT2D eigenvalue weighted by Crippen LogP contribution is 2.36. The first-order chi connectivity index (χ1) is 18.2. The summed E-state index contributed by atoms with van der Waals surface area (Å²) in [6.07, 6.45) is 1.99. The molecule has 2 saturated heterocycles. The van der Waals surface area contributed by atoms with Gasteiger partial charge in [-0.15, -0.1) is 0 Å². The summed E-state index contributed by atoms with van der Waals surface area (Å²) in [6.45, 7) is 2.59. The molecular formula is C26H33BrF3N7O. The molecule has 0 spiro atoms. The predicted molar refractivity (Wildman–Crippen MR) is 145 cm³/mol. The lowest BCUT2D eigenvalue weighted by Gasteiger charge is -2.40. The van der Waals surface area contributed by atoms with Crippen molar-refractivity contribution in [2.45, 2.75) is 56.8 Å². The van der Waals surface area contributed by atoms with Crippen molar-refractivity contribution in [2.75, 3.05) is 48.8 Å². The Morgan fingerprint density at radius 3 is 2.50 bits per heavy atom. The molecule has 206 valence electrons. The molecule has 0 radical (unpaired) electrons. The van der Waals surface area contributed by atoms with E-state index in [1.165, 1.54) is 12.8 Å². The van der Waals surface area contributed by atoms with E-state index in [0.29, 0.717) is 30.7 Å². The van der Waals surface area contributed by atoms with Crippen LogP contribution < -0.4 is 20.9 Å². The maximum Gasteiger partial charge on any atom is 0.421 e. The number of likely N-dealkylation sites (N-methyl/N-ethyl adjacent to an activating group) is 1. The van der Waals surface area contributed by atoms with E-state index in [1.54, 1.807) is 0 Å². The molecule has 12 heteroatoms. The lowest BCUT2D eigenvalue weighted by molar-refractivity contribution is -0.137. The van der Waals surface area contributed by atoms with Crippen LogP contribution >= 0.6 is 15.9 Å². The van der Waals surface area contributed by atoms with Gasteiger partial charge in [0.1, 0.15) is 11.4 Å². The van der Waals surface area contributed by atoms with E-state index in [2.05, 4.69) is 58.7 Å². The number of amides is 1. The van der Waals surface area contributed by atoms with E-state index in [1.807, 2.05) is 18.2 Å². The van der Waals surface area contributed by atoms with Crippen LogP contribution in [0.15, 0.2) is 28.9 Å². The average molecular weight is 596 g/mol. The maximum atomic E-state index is 13.6. The summed E-state index contributed by atoms with van der Waals surface area (Å²) in [4.78, 5) is 24.8. The summed E-state index contributed by atoms with van der Waals surface area (Å²) < 4.78 is 41.5. The highest BCUT2D eigenvalue weighted by atomic mass is 79.9. The first-order valence-corrected chi connectivity index (χ1v) is 14.0. The van der Waals surface area contributed by atoms with Crippen LogP contribution in [0.3, 0.4) is 0 Å². The van der Waals surface area contributed by atoms with Crippen LogP contribution in [0.25, 0.3) is 0 Å². The SMILES string of the molecule is CN1[C@@H]2CC[C@H]1CN(c1ccc(Nc3ncc(C(F)(F)F)c(NCCCNC(=O)C4CCC4)n3)c(Br)c1)C2. The van der Waals surface area contributed by atoms with Gasteiger partial charge in [-0.1, -0.05) is 6.42 Å². The Bertz CT molecular complexity index is 1150. The fourth-order valence-electron chi connectivity index (χ4n) is 5.35. The van der Waals surface area contributed by atoms with E-state index < -0.39 is 11.7 Å². The molecule has 8 nitrogen and oxygen atoms in total. The number of carbonyl (C=O) groups is 1. The molecule has 1 aliphatic carbocycles. The van der Waals surface area contributed by atoms with E-state index in [-0.39, 0.29) is 30.1 Å². The van der Waals surface area contributed by atoms with Crippen molar-refractivity contribution in [2.24, 2.45) is 5.92 Å². The number of rotatable bonds is 9. The van der Waals surface area contributed by atoms with Crippen molar-refractivity contribution in [1.82, 2.24) is 20.2 Å². The fraction of sp³-hybridized carbons (Fsp3) is 0.577. The van der Waals surface area contributed by atoms with E-state index in [0.717, 1.165) is 48.7 Å². The van der Waals surface area contributed by atoms with Crippen LogP contribution in [0.4, 0.5) is 36.3 Å². The van der Waals surface area contributed by atoms with Crippen LogP contribution in [-0.2, 0) is 11.0 Å². The summed E-state index contributed by atoms with van der Waals surface area (Å²) in [5.41, 5.74) is 0.837. The first-order valence-electron chi connectivity index (χ1n) is 13.2. The number of alkyl halides is 3. The highest BCUT2D eigenvalue weighted by molar-refractivity contribution is 9.10. The molecule has 3 fully saturated rings. The number of hydrogen-bond donors (Lipinski definition) is 3. The number of hydrogen-bond acceptors (Lipinski definition) is 7. The summed E-state index contributed by atoms with van der Waals surface area (Å²) in [5.74, 6) is -0.122. The Kier molecular flexibility index (Phi) is 7.99. The van der Waals surface area contributed by atoms with Gasteiger partial charge in [0.25, 0.3) is 0 Å². The Hall–Kier alpha value is -2.60. The number of nitrogens with zero attached hydrogens (tertiary/aromatic N) is 4. The van der Waals surface area contributed by atoms with Crippen molar-refractivity contribution in [3.63, 3.8) is 0 Å². The summed E-state index contributed by atoms with van der Waals surface area (Å²) >= 11 is 3.60. The Labute approximate surface area is 228 Å². The van der Waals surface area contributed by atoms with Gasteiger partial charge in [-0.3, -0.25) is 9.69 Å². The van der Waals surface area contributed by atoms with Gasteiger partial charge in [-0.25, -0.2) is 4.98 Å². The molecule has 5 rings (SSSR count). The molecular weight excluding hydrogens is 563 g/mol. The molecule has 2 aliphatic heterocycles. The monoisotopic (exact) mass is 595 g/mol. The standard InChI is InChI=1S/C26H33BrF3N7O/c1-36-18-6-7-19(36)15-37(14-18)17-8-9-22(21(27)12-17)34-25-33-13-20(26(28,29)30)23(35-25)31-10-3-11-32-24(38)16-4-2-5-16/h8-9,12-13,16,18-19H,2-7,10-11,14-15H2,1H3,(H,32,38)(H2,31,33,34,35)/t18-,19+. The topological polar surface area (TPSA) is 85.4 Å². The van der Waals surface area contributed by atoms with Crippen molar-refractivity contribution in [1.29, 1.82) is 0 Å². The summed E-state index contributed by atoms with van der Waals surface area (Å²) in [7, 11) is 2.20. The second-order valence-corrected chi connectivity index (χ2v) is 11.3. The van der Waals surface area contributed by atoms with Crippen LogP contribution in [0.2, 0.25) is 0 Å². The molecule has 2 bridgehead atoms. The minimum Gasteiger partial charge on any atom is -0.369 e. The number of halogens is 4. The molecule has 1 saturated carbocycles. The number of aromatic nitrogens is 2. The Balaban J connectivity index is 1.22. The normalized spacial score (nSPS) is 21.8. The molecule has 0 unspecified atom stereocenters. The summed E-state index contributed by atoms with van der Waals surface area (Å²) in [5, 5.41) is 8.66. The zero-order valence-corrected chi connectivity index (χ0v) is 22.9. The molecule has 38 heavy (non-hydrogen) atoms. The van der Waals surface area contributed by atoms with Crippen molar-refractivity contribution >= 4 is 45.0 Å². The van der Waals surface area contributed by atoms with Crippen LogP contribution in [0.5, 0.6) is 0 Å². The average Bonchev–Trinajstić information content (AvgIpc) is 3.03. The zero-order chi connectivity index (χ0) is 26.9. The van der Waals surface area contributed by atoms with E-state index >= 15 is 0 Å². The third-order valence-corrected chi connectivity index (χ3v) is 8.58. The van der Waals surface area contributed by atoms with Crippen LogP contribution in [0.1, 0.15) is 44.1 Å². The van der Waals surface area contributed by atoms with Gasteiger partial charge in [0.2, 0.25) is 11.9 Å². The molecule has 3 heterocycles. The molecule has 1 aromatic carbocycles. The third-order valence-electron chi connectivity index (χ3n) is 7.93. The molecule has 3 aliphatic rings.